The van der Waals surface area contributed by atoms with Crippen molar-refractivity contribution in [1.82, 2.24) is 0 Å². The minimum atomic E-state index is -0.0827. The number of hydrogen-bond acceptors (Lipinski definition) is 2. The number of esters is 1. The lowest BCUT2D eigenvalue weighted by Crippen LogP contribution is -2.54. The van der Waals surface area contributed by atoms with Crippen LogP contribution in [-0.2, 0) is 9.53 Å². The highest BCUT2D eigenvalue weighted by Crippen LogP contribution is 2.68. The van der Waals surface area contributed by atoms with Crippen molar-refractivity contribution >= 4 is 5.97 Å². The standard InChI is InChI=1S/C29H50O2/c1-19(2)8-7-9-20(3)25-14-15-26-24-13-11-22-10-12-23(31-21(4)30)18-29(22,6)27(24)16-17-28(25,26)5/h19-20,22-27H,7-18H2,1-6H3/t20-,22-,23-,24+,25-,26+,27+,28-,29+/m1/s1. The van der Waals surface area contributed by atoms with Gasteiger partial charge in [-0.15, -0.1) is 0 Å². The van der Waals surface area contributed by atoms with Crippen molar-refractivity contribution in [2.45, 2.75) is 125 Å². The van der Waals surface area contributed by atoms with Crippen molar-refractivity contribution in [3.05, 3.63) is 0 Å². The van der Waals surface area contributed by atoms with Crippen molar-refractivity contribution in [1.29, 1.82) is 0 Å². The monoisotopic (exact) mass is 430 g/mol. The Bertz CT molecular complexity index is 641. The average molecular weight is 431 g/mol. The highest BCUT2D eigenvalue weighted by Gasteiger charge is 2.60. The summed E-state index contributed by atoms with van der Waals surface area (Å²) in [4.78, 5) is 11.6. The summed E-state index contributed by atoms with van der Waals surface area (Å²) in [7, 11) is 0. The predicted octanol–water partition coefficient (Wildman–Crippen LogP) is 8.04. The van der Waals surface area contributed by atoms with Crippen LogP contribution >= 0.6 is 0 Å². The molecule has 4 aliphatic rings. The normalized spacial score (nSPS) is 45.5. The van der Waals surface area contributed by atoms with Crippen LogP contribution in [0, 0.1) is 52.3 Å². The Morgan fingerprint density at radius 1 is 0.903 bits per heavy atom. The molecule has 0 N–H and O–H groups in total. The third kappa shape index (κ3) is 4.35. The first-order valence-corrected chi connectivity index (χ1v) is 13.8. The highest BCUT2D eigenvalue weighted by atomic mass is 16.5. The van der Waals surface area contributed by atoms with Gasteiger partial charge in [0.05, 0.1) is 0 Å². The van der Waals surface area contributed by atoms with Gasteiger partial charge in [0.2, 0.25) is 0 Å². The van der Waals surface area contributed by atoms with Crippen LogP contribution in [0.1, 0.15) is 119 Å². The lowest BCUT2D eigenvalue weighted by Gasteiger charge is -2.61. The number of hydrogen-bond donors (Lipinski definition) is 0. The van der Waals surface area contributed by atoms with Gasteiger partial charge in [-0.3, -0.25) is 4.79 Å². The molecule has 4 aliphatic carbocycles. The van der Waals surface area contributed by atoms with Crippen molar-refractivity contribution in [3.8, 4) is 0 Å². The molecular formula is C29H50O2. The topological polar surface area (TPSA) is 26.3 Å². The summed E-state index contributed by atoms with van der Waals surface area (Å²) < 4.78 is 5.76. The van der Waals surface area contributed by atoms with E-state index in [-0.39, 0.29) is 12.1 Å². The van der Waals surface area contributed by atoms with Gasteiger partial charge in [-0.25, -0.2) is 0 Å². The van der Waals surface area contributed by atoms with Gasteiger partial charge in [0.15, 0.2) is 0 Å². The fourth-order valence-electron chi connectivity index (χ4n) is 9.67. The molecular weight excluding hydrogens is 380 g/mol. The Labute approximate surface area is 192 Å². The number of rotatable bonds is 6. The summed E-state index contributed by atoms with van der Waals surface area (Å²) in [6.07, 6.45) is 16.6. The summed E-state index contributed by atoms with van der Waals surface area (Å²) in [6, 6.07) is 0. The summed E-state index contributed by atoms with van der Waals surface area (Å²) in [6.45, 7) is 14.2. The molecule has 0 bridgehead atoms. The van der Waals surface area contributed by atoms with Crippen molar-refractivity contribution < 1.29 is 9.53 Å². The number of fused-ring (bicyclic) bond motifs is 5. The van der Waals surface area contributed by atoms with Crippen LogP contribution in [-0.4, -0.2) is 12.1 Å². The number of ether oxygens (including phenoxy) is 1. The van der Waals surface area contributed by atoms with Crippen molar-refractivity contribution in [3.63, 3.8) is 0 Å². The van der Waals surface area contributed by atoms with E-state index in [9.17, 15) is 4.79 Å². The first-order chi connectivity index (χ1) is 14.6. The van der Waals surface area contributed by atoms with Crippen LogP contribution in [0.2, 0.25) is 0 Å². The SMILES string of the molecule is CC(=O)O[C@@H]1CC[C@@H]2CC[C@@H]3[C@H](CC[C@]4(C)[C@@H]([C@H](C)CCCC(C)C)CC[C@@H]34)[C@@]2(C)C1. The molecule has 9 atom stereocenters. The molecule has 2 heteroatoms. The molecule has 0 aromatic heterocycles. The van der Waals surface area contributed by atoms with E-state index in [1.807, 2.05) is 0 Å². The van der Waals surface area contributed by atoms with Gasteiger partial charge in [-0.1, -0.05) is 53.9 Å². The van der Waals surface area contributed by atoms with Gasteiger partial charge < -0.3 is 4.74 Å². The molecule has 0 radical (unpaired) electrons. The summed E-state index contributed by atoms with van der Waals surface area (Å²) in [5, 5.41) is 0. The van der Waals surface area contributed by atoms with E-state index >= 15 is 0 Å². The van der Waals surface area contributed by atoms with Gasteiger partial charge in [0.25, 0.3) is 0 Å². The Hall–Kier alpha value is -0.530. The second kappa shape index (κ2) is 9.02. The zero-order valence-electron chi connectivity index (χ0n) is 21.4. The second-order valence-corrected chi connectivity index (χ2v) is 13.2. The van der Waals surface area contributed by atoms with Crippen LogP contribution in [0.15, 0.2) is 0 Å². The van der Waals surface area contributed by atoms with Crippen LogP contribution in [0.5, 0.6) is 0 Å². The molecule has 178 valence electrons. The molecule has 0 aromatic rings. The van der Waals surface area contributed by atoms with E-state index in [0.29, 0.717) is 10.8 Å². The van der Waals surface area contributed by atoms with Gasteiger partial charge in [0, 0.05) is 6.92 Å². The third-order valence-corrected chi connectivity index (χ3v) is 11.1. The second-order valence-electron chi connectivity index (χ2n) is 13.2. The van der Waals surface area contributed by atoms with E-state index in [1.165, 1.54) is 64.2 Å². The maximum Gasteiger partial charge on any atom is 0.302 e. The molecule has 0 heterocycles. The van der Waals surface area contributed by atoms with Gasteiger partial charge in [-0.05, 0) is 110 Å². The maximum atomic E-state index is 11.6. The van der Waals surface area contributed by atoms with Crippen LogP contribution < -0.4 is 0 Å². The maximum absolute atomic E-state index is 11.6. The average Bonchev–Trinajstić information content (AvgIpc) is 3.03. The van der Waals surface area contributed by atoms with Gasteiger partial charge in [-0.2, -0.15) is 0 Å². The molecule has 0 saturated heterocycles. The predicted molar refractivity (Wildman–Crippen MR) is 129 cm³/mol. The van der Waals surface area contributed by atoms with E-state index in [2.05, 4.69) is 34.6 Å². The van der Waals surface area contributed by atoms with Crippen molar-refractivity contribution in [2.75, 3.05) is 0 Å². The molecule has 0 aliphatic heterocycles. The van der Waals surface area contributed by atoms with E-state index < -0.39 is 0 Å². The Morgan fingerprint density at radius 3 is 2.32 bits per heavy atom. The Balaban J connectivity index is 1.46. The molecule has 0 unspecified atom stereocenters. The molecule has 0 spiro atoms. The molecule has 4 saturated carbocycles. The van der Waals surface area contributed by atoms with Crippen LogP contribution in [0.3, 0.4) is 0 Å². The third-order valence-electron chi connectivity index (χ3n) is 11.1. The first kappa shape index (κ1) is 23.6. The van der Waals surface area contributed by atoms with Crippen LogP contribution in [0.25, 0.3) is 0 Å². The van der Waals surface area contributed by atoms with Gasteiger partial charge >= 0.3 is 5.97 Å². The summed E-state index contributed by atoms with van der Waals surface area (Å²) in [5.74, 6) is 6.17. The fourth-order valence-corrected chi connectivity index (χ4v) is 9.67. The minimum absolute atomic E-state index is 0.0827. The Morgan fingerprint density at radius 2 is 1.61 bits per heavy atom. The smallest absolute Gasteiger partial charge is 0.302 e. The molecule has 4 rings (SSSR count). The fraction of sp³-hybridized carbons (Fsp3) is 0.966. The molecule has 0 aromatic carbocycles. The lowest BCUT2D eigenvalue weighted by molar-refractivity contribution is -0.163. The van der Waals surface area contributed by atoms with E-state index in [0.717, 1.165) is 54.3 Å². The summed E-state index contributed by atoms with van der Waals surface area (Å²) >= 11 is 0. The minimum Gasteiger partial charge on any atom is -0.463 e. The van der Waals surface area contributed by atoms with Crippen LogP contribution in [0.4, 0.5) is 0 Å². The molecule has 2 nitrogen and oxygen atoms in total. The zero-order valence-corrected chi connectivity index (χ0v) is 21.4. The zero-order chi connectivity index (χ0) is 22.4. The largest absolute Gasteiger partial charge is 0.463 e. The molecule has 31 heavy (non-hydrogen) atoms. The number of carbonyl (C=O) groups is 1. The lowest BCUT2D eigenvalue weighted by atomic mass is 9.44. The Kier molecular flexibility index (Phi) is 6.87. The first-order valence-electron chi connectivity index (χ1n) is 13.8. The van der Waals surface area contributed by atoms with E-state index in [1.54, 1.807) is 6.92 Å². The highest BCUT2D eigenvalue weighted by molar-refractivity contribution is 5.66. The van der Waals surface area contributed by atoms with Crippen molar-refractivity contribution in [2.24, 2.45) is 52.3 Å². The number of carbonyl (C=O) groups excluding carboxylic acids is 1. The van der Waals surface area contributed by atoms with Gasteiger partial charge in [0.1, 0.15) is 6.10 Å². The van der Waals surface area contributed by atoms with E-state index in [4.69, 9.17) is 4.74 Å². The molecule has 0 amide bonds. The quantitative estimate of drug-likeness (QED) is 0.398. The summed E-state index contributed by atoms with van der Waals surface area (Å²) in [5.41, 5.74) is 0.967. The molecule has 4 fully saturated rings.